The third-order valence-electron chi connectivity index (χ3n) is 3.85. The highest BCUT2D eigenvalue weighted by molar-refractivity contribution is 7.99. The lowest BCUT2D eigenvalue weighted by molar-refractivity contribution is 0.190. The zero-order valence-corrected chi connectivity index (χ0v) is 13.2. The summed E-state index contributed by atoms with van der Waals surface area (Å²) >= 11 is 1.89. The van der Waals surface area contributed by atoms with E-state index in [2.05, 4.69) is 24.3 Å². The first kappa shape index (κ1) is 14.5. The normalized spacial score (nSPS) is 18.3. The van der Waals surface area contributed by atoms with Crippen LogP contribution in [0.2, 0.25) is 0 Å². The summed E-state index contributed by atoms with van der Waals surface area (Å²) in [6.45, 7) is 4.47. The van der Waals surface area contributed by atoms with Crippen LogP contribution in [0.4, 0.5) is 0 Å². The van der Waals surface area contributed by atoms with Gasteiger partial charge < -0.3 is 9.84 Å². The molecule has 2 atom stereocenters. The van der Waals surface area contributed by atoms with Crippen molar-refractivity contribution in [3.63, 3.8) is 0 Å². The number of hydrogen-bond acceptors (Lipinski definition) is 3. The van der Waals surface area contributed by atoms with Crippen LogP contribution >= 0.6 is 11.8 Å². The van der Waals surface area contributed by atoms with Gasteiger partial charge in [-0.1, -0.05) is 29.8 Å². The van der Waals surface area contributed by atoms with Crippen molar-refractivity contribution < 1.29 is 9.84 Å². The van der Waals surface area contributed by atoms with Crippen molar-refractivity contribution >= 4 is 11.8 Å². The van der Waals surface area contributed by atoms with E-state index in [1.807, 2.05) is 36.9 Å². The predicted octanol–water partition coefficient (Wildman–Crippen LogP) is 4.32. The number of benzene rings is 2. The van der Waals surface area contributed by atoms with Gasteiger partial charge in [-0.2, -0.15) is 0 Å². The van der Waals surface area contributed by atoms with E-state index in [1.54, 1.807) is 6.92 Å². The third-order valence-corrected chi connectivity index (χ3v) is 5.11. The first-order chi connectivity index (χ1) is 10.1. The van der Waals surface area contributed by atoms with Gasteiger partial charge >= 0.3 is 0 Å². The largest absolute Gasteiger partial charge is 0.493 e. The number of fused-ring (bicyclic) bond motifs is 1. The fraction of sp³-hybridized carbons (Fsp3) is 0.333. The topological polar surface area (TPSA) is 29.5 Å². The van der Waals surface area contributed by atoms with Crippen molar-refractivity contribution in [2.75, 3.05) is 12.4 Å². The standard InChI is InChI=1S/C18H20O2S/c1-12-7-8-17(16(9-12)13(2)19)20-10-14-11-21-18-6-4-3-5-15(14)18/h3-9,13-14,19H,10-11H2,1-2H3/t13-,14?/m0/s1. The molecule has 1 aliphatic rings. The van der Waals surface area contributed by atoms with Crippen LogP contribution in [0.15, 0.2) is 47.4 Å². The molecule has 2 nitrogen and oxygen atoms in total. The van der Waals surface area contributed by atoms with E-state index in [9.17, 15) is 5.11 Å². The monoisotopic (exact) mass is 300 g/mol. The maximum absolute atomic E-state index is 9.89. The molecule has 0 aliphatic carbocycles. The molecule has 0 aromatic heterocycles. The molecular formula is C18H20O2S. The summed E-state index contributed by atoms with van der Waals surface area (Å²) < 4.78 is 6.02. The van der Waals surface area contributed by atoms with Gasteiger partial charge in [-0.15, -0.1) is 11.8 Å². The second-order valence-corrected chi connectivity index (χ2v) is 6.64. The van der Waals surface area contributed by atoms with Crippen LogP contribution in [-0.2, 0) is 0 Å². The second kappa shape index (κ2) is 6.12. The van der Waals surface area contributed by atoms with Crippen LogP contribution in [0.3, 0.4) is 0 Å². The fourth-order valence-corrected chi connectivity index (χ4v) is 3.92. The fourth-order valence-electron chi connectivity index (χ4n) is 2.68. The molecule has 0 spiro atoms. The zero-order chi connectivity index (χ0) is 14.8. The minimum Gasteiger partial charge on any atom is -0.493 e. The molecule has 1 N–H and O–H groups in total. The molecule has 1 unspecified atom stereocenters. The molecule has 0 radical (unpaired) electrons. The molecule has 0 saturated carbocycles. The Labute approximate surface area is 130 Å². The van der Waals surface area contributed by atoms with Crippen molar-refractivity contribution in [3.05, 3.63) is 59.2 Å². The molecule has 1 heterocycles. The Morgan fingerprint density at radius 3 is 2.90 bits per heavy atom. The minimum absolute atomic E-state index is 0.425. The van der Waals surface area contributed by atoms with Gasteiger partial charge in [0.2, 0.25) is 0 Å². The van der Waals surface area contributed by atoms with E-state index in [4.69, 9.17) is 4.74 Å². The van der Waals surface area contributed by atoms with Gasteiger partial charge in [-0.3, -0.25) is 0 Å². The molecule has 2 aromatic rings. The Morgan fingerprint density at radius 2 is 2.10 bits per heavy atom. The molecule has 0 bridgehead atoms. The molecule has 0 fully saturated rings. The van der Waals surface area contributed by atoms with Gasteiger partial charge in [0.25, 0.3) is 0 Å². The molecular weight excluding hydrogens is 280 g/mol. The number of aliphatic hydroxyl groups is 1. The lowest BCUT2D eigenvalue weighted by Gasteiger charge is -2.17. The van der Waals surface area contributed by atoms with E-state index in [-0.39, 0.29) is 0 Å². The average Bonchev–Trinajstić information content (AvgIpc) is 2.89. The highest BCUT2D eigenvalue weighted by Crippen LogP contribution is 2.39. The average molecular weight is 300 g/mol. The molecule has 2 aromatic carbocycles. The Kier molecular flexibility index (Phi) is 4.22. The first-order valence-electron chi connectivity index (χ1n) is 7.28. The van der Waals surface area contributed by atoms with Gasteiger partial charge in [-0.25, -0.2) is 0 Å². The Balaban J connectivity index is 1.75. The quantitative estimate of drug-likeness (QED) is 0.912. The number of aliphatic hydroxyl groups excluding tert-OH is 1. The molecule has 0 amide bonds. The van der Waals surface area contributed by atoms with Gasteiger partial charge in [0.1, 0.15) is 5.75 Å². The number of thioether (sulfide) groups is 1. The summed E-state index contributed by atoms with van der Waals surface area (Å²) in [4.78, 5) is 1.37. The van der Waals surface area contributed by atoms with Gasteiger partial charge in [0, 0.05) is 22.1 Å². The highest BCUT2D eigenvalue weighted by Gasteiger charge is 2.23. The maximum Gasteiger partial charge on any atom is 0.125 e. The van der Waals surface area contributed by atoms with Crippen LogP contribution in [0.1, 0.15) is 35.6 Å². The predicted molar refractivity (Wildman–Crippen MR) is 87.2 cm³/mol. The molecule has 0 saturated heterocycles. The Bertz CT molecular complexity index is 637. The summed E-state index contributed by atoms with van der Waals surface area (Å²) in [5.74, 6) is 2.29. The Morgan fingerprint density at radius 1 is 1.29 bits per heavy atom. The van der Waals surface area contributed by atoms with E-state index in [0.29, 0.717) is 12.5 Å². The van der Waals surface area contributed by atoms with E-state index >= 15 is 0 Å². The van der Waals surface area contributed by atoms with Gasteiger partial charge in [0.15, 0.2) is 0 Å². The van der Waals surface area contributed by atoms with Crippen molar-refractivity contribution in [1.82, 2.24) is 0 Å². The van der Waals surface area contributed by atoms with Crippen LogP contribution in [0.25, 0.3) is 0 Å². The summed E-state index contributed by atoms with van der Waals surface area (Å²) in [7, 11) is 0. The van der Waals surface area contributed by atoms with Crippen molar-refractivity contribution in [1.29, 1.82) is 0 Å². The first-order valence-corrected chi connectivity index (χ1v) is 8.27. The van der Waals surface area contributed by atoms with Crippen LogP contribution in [0.5, 0.6) is 5.75 Å². The van der Waals surface area contributed by atoms with E-state index < -0.39 is 6.10 Å². The van der Waals surface area contributed by atoms with E-state index in [1.165, 1.54) is 10.5 Å². The molecule has 1 aliphatic heterocycles. The highest BCUT2D eigenvalue weighted by atomic mass is 32.2. The maximum atomic E-state index is 9.89. The molecule has 110 valence electrons. The summed E-state index contributed by atoms with van der Waals surface area (Å²) in [6, 6.07) is 14.5. The number of aryl methyl sites for hydroxylation is 1. The number of hydrogen-bond donors (Lipinski definition) is 1. The van der Waals surface area contributed by atoms with Gasteiger partial charge in [0.05, 0.1) is 12.7 Å². The van der Waals surface area contributed by atoms with Crippen LogP contribution < -0.4 is 4.74 Å². The molecule has 21 heavy (non-hydrogen) atoms. The lowest BCUT2D eigenvalue weighted by atomic mass is 10.0. The SMILES string of the molecule is Cc1ccc(OCC2CSc3ccccc32)c([C@H](C)O)c1. The van der Waals surface area contributed by atoms with Crippen LogP contribution in [-0.4, -0.2) is 17.5 Å². The van der Waals surface area contributed by atoms with Crippen LogP contribution in [0, 0.1) is 6.92 Å². The smallest absolute Gasteiger partial charge is 0.125 e. The number of rotatable bonds is 4. The van der Waals surface area contributed by atoms with Gasteiger partial charge in [-0.05, 0) is 37.6 Å². The molecule has 3 heteroatoms. The summed E-state index contributed by atoms with van der Waals surface area (Å²) in [5.41, 5.74) is 3.39. The summed E-state index contributed by atoms with van der Waals surface area (Å²) in [5, 5.41) is 9.89. The van der Waals surface area contributed by atoms with Crippen molar-refractivity contribution in [3.8, 4) is 5.75 Å². The van der Waals surface area contributed by atoms with Crippen molar-refractivity contribution in [2.45, 2.75) is 30.8 Å². The Hall–Kier alpha value is -1.45. The van der Waals surface area contributed by atoms with Crippen molar-refractivity contribution in [2.24, 2.45) is 0 Å². The zero-order valence-electron chi connectivity index (χ0n) is 12.4. The second-order valence-electron chi connectivity index (χ2n) is 5.57. The molecule has 3 rings (SSSR count). The van der Waals surface area contributed by atoms with E-state index in [0.717, 1.165) is 22.6 Å². The minimum atomic E-state index is -0.509. The third kappa shape index (κ3) is 3.09. The summed E-state index contributed by atoms with van der Waals surface area (Å²) in [6.07, 6.45) is -0.509. The number of ether oxygens (including phenoxy) is 1. The lowest BCUT2D eigenvalue weighted by Crippen LogP contribution is -2.11.